The Morgan fingerprint density at radius 1 is 1.04 bits per heavy atom. The molecule has 0 spiro atoms. The molecule has 0 bridgehead atoms. The third-order valence-electron chi connectivity index (χ3n) is 2.76. The number of hydrogen-bond donors (Lipinski definition) is 2. The number of thioether (sulfide) groups is 1. The maximum Gasteiger partial charge on any atom is 0.446 e. The molecule has 0 radical (unpaired) electrons. The predicted molar refractivity (Wildman–Crippen MR) is 80.6 cm³/mol. The van der Waals surface area contributed by atoms with E-state index in [0.717, 1.165) is 12.1 Å². The summed E-state index contributed by atoms with van der Waals surface area (Å²) in [6.45, 7) is -0.0694. The summed E-state index contributed by atoms with van der Waals surface area (Å²) >= 11 is -0.294. The van der Waals surface area contributed by atoms with Crippen LogP contribution in [0.4, 0.5) is 32.4 Å². The normalized spacial score (nSPS) is 11.2. The molecule has 0 heterocycles. The monoisotopic (exact) mass is 362 g/mol. The zero-order chi connectivity index (χ0) is 17.7. The summed E-state index contributed by atoms with van der Waals surface area (Å²) in [6.07, 6.45) is 0. The van der Waals surface area contributed by atoms with Gasteiger partial charge in [-0.05, 0) is 47.7 Å². The number of carbonyl (C=O) groups is 1. The minimum Gasteiger partial charge on any atom is -0.334 e. The molecule has 0 unspecified atom stereocenters. The van der Waals surface area contributed by atoms with Crippen LogP contribution in [0.25, 0.3) is 0 Å². The largest absolute Gasteiger partial charge is 0.446 e. The van der Waals surface area contributed by atoms with Crippen molar-refractivity contribution in [2.45, 2.75) is 16.9 Å². The lowest BCUT2D eigenvalue weighted by Crippen LogP contribution is -2.28. The molecular formula is C15H11F5N2OS. The molecule has 0 saturated heterocycles. The van der Waals surface area contributed by atoms with Crippen LogP contribution in [-0.4, -0.2) is 11.5 Å². The maximum atomic E-state index is 13.0. The van der Waals surface area contributed by atoms with Crippen LogP contribution < -0.4 is 10.6 Å². The fraction of sp³-hybridized carbons (Fsp3) is 0.133. The Hall–Kier alpha value is -2.29. The van der Waals surface area contributed by atoms with E-state index >= 15 is 0 Å². The third-order valence-corrected chi connectivity index (χ3v) is 3.48. The molecular weight excluding hydrogens is 351 g/mol. The van der Waals surface area contributed by atoms with E-state index in [1.54, 1.807) is 0 Å². The van der Waals surface area contributed by atoms with Crippen molar-refractivity contribution < 1.29 is 26.7 Å². The van der Waals surface area contributed by atoms with Crippen LogP contribution in [0.2, 0.25) is 0 Å². The van der Waals surface area contributed by atoms with Gasteiger partial charge in [0.1, 0.15) is 0 Å². The molecule has 3 nitrogen and oxygen atoms in total. The highest BCUT2D eigenvalue weighted by Crippen LogP contribution is 2.37. The molecule has 0 aliphatic carbocycles. The Labute approximate surface area is 138 Å². The van der Waals surface area contributed by atoms with Crippen molar-refractivity contribution in [2.24, 2.45) is 0 Å². The Kier molecular flexibility index (Phi) is 5.66. The van der Waals surface area contributed by atoms with Crippen molar-refractivity contribution in [3.8, 4) is 0 Å². The molecule has 128 valence electrons. The molecule has 2 rings (SSSR count). The lowest BCUT2D eigenvalue weighted by Gasteiger charge is -2.10. The van der Waals surface area contributed by atoms with Crippen LogP contribution in [0.5, 0.6) is 0 Å². The standard InChI is InChI=1S/C15H11F5N2OS/c16-12-5-4-9(6-13(12)17)8-21-14(23)22-10-2-1-3-11(7-10)24-15(18,19)20/h1-7H,8H2,(H2,21,22,23). The number of urea groups is 1. The van der Waals surface area contributed by atoms with Gasteiger partial charge in [-0.3, -0.25) is 0 Å². The fourth-order valence-corrected chi connectivity index (χ4v) is 2.38. The highest BCUT2D eigenvalue weighted by molar-refractivity contribution is 8.00. The molecule has 2 aromatic carbocycles. The van der Waals surface area contributed by atoms with Crippen molar-refractivity contribution in [1.29, 1.82) is 0 Å². The van der Waals surface area contributed by atoms with Crippen molar-refractivity contribution in [1.82, 2.24) is 5.32 Å². The summed E-state index contributed by atoms with van der Waals surface area (Å²) < 4.78 is 62.7. The van der Waals surface area contributed by atoms with Gasteiger partial charge in [0.15, 0.2) is 11.6 Å². The number of alkyl halides is 3. The lowest BCUT2D eigenvalue weighted by molar-refractivity contribution is -0.0328. The molecule has 0 saturated carbocycles. The minimum absolute atomic E-state index is 0.0686. The Balaban J connectivity index is 1.92. The number of anilines is 1. The minimum atomic E-state index is -4.42. The second kappa shape index (κ2) is 7.52. The van der Waals surface area contributed by atoms with Crippen molar-refractivity contribution in [2.75, 3.05) is 5.32 Å². The van der Waals surface area contributed by atoms with E-state index < -0.39 is 23.2 Å². The SMILES string of the molecule is O=C(NCc1ccc(F)c(F)c1)Nc1cccc(SC(F)(F)F)c1. The molecule has 0 aliphatic rings. The molecule has 0 aromatic heterocycles. The van der Waals surface area contributed by atoms with Gasteiger partial charge in [0, 0.05) is 17.1 Å². The number of carbonyl (C=O) groups excluding carboxylic acids is 1. The van der Waals surface area contributed by atoms with Crippen LogP contribution in [-0.2, 0) is 6.54 Å². The number of benzene rings is 2. The van der Waals surface area contributed by atoms with Gasteiger partial charge in [0.25, 0.3) is 0 Å². The van der Waals surface area contributed by atoms with Crippen LogP contribution in [0, 0.1) is 11.6 Å². The van der Waals surface area contributed by atoms with E-state index in [9.17, 15) is 26.7 Å². The third kappa shape index (κ3) is 5.73. The van der Waals surface area contributed by atoms with Crippen LogP contribution >= 0.6 is 11.8 Å². The molecule has 9 heteroatoms. The molecule has 2 N–H and O–H groups in total. The van der Waals surface area contributed by atoms with Crippen molar-refractivity contribution in [3.63, 3.8) is 0 Å². The fourth-order valence-electron chi connectivity index (χ4n) is 1.78. The molecule has 0 atom stereocenters. The molecule has 24 heavy (non-hydrogen) atoms. The smallest absolute Gasteiger partial charge is 0.334 e. The summed E-state index contributed by atoms with van der Waals surface area (Å²) in [5, 5.41) is 4.76. The highest BCUT2D eigenvalue weighted by atomic mass is 32.2. The van der Waals surface area contributed by atoms with E-state index in [-0.39, 0.29) is 28.9 Å². The number of nitrogens with one attached hydrogen (secondary N) is 2. The summed E-state index contributed by atoms with van der Waals surface area (Å²) in [5.74, 6) is -2.03. The molecule has 0 fully saturated rings. The summed E-state index contributed by atoms with van der Waals surface area (Å²) in [7, 11) is 0. The van der Waals surface area contributed by atoms with Gasteiger partial charge in [-0.2, -0.15) is 13.2 Å². The van der Waals surface area contributed by atoms with Gasteiger partial charge >= 0.3 is 11.5 Å². The molecule has 2 aromatic rings. The second-order valence-electron chi connectivity index (χ2n) is 4.63. The Morgan fingerprint density at radius 3 is 2.46 bits per heavy atom. The number of amides is 2. The predicted octanol–water partition coefficient (Wildman–Crippen LogP) is 4.90. The van der Waals surface area contributed by atoms with Gasteiger partial charge in [-0.25, -0.2) is 13.6 Å². The average Bonchev–Trinajstić information content (AvgIpc) is 2.47. The Bertz CT molecular complexity index is 736. The van der Waals surface area contributed by atoms with E-state index in [4.69, 9.17) is 0 Å². The zero-order valence-electron chi connectivity index (χ0n) is 12.0. The highest BCUT2D eigenvalue weighted by Gasteiger charge is 2.29. The van der Waals surface area contributed by atoms with Crippen molar-refractivity contribution >= 4 is 23.5 Å². The first-order valence-electron chi connectivity index (χ1n) is 6.57. The molecule has 2 amide bonds. The average molecular weight is 362 g/mol. The van der Waals surface area contributed by atoms with E-state index in [1.807, 2.05) is 0 Å². The van der Waals surface area contributed by atoms with Gasteiger partial charge in [0.05, 0.1) is 0 Å². The number of rotatable bonds is 4. The Morgan fingerprint density at radius 2 is 1.79 bits per heavy atom. The quantitative estimate of drug-likeness (QED) is 0.600. The lowest BCUT2D eigenvalue weighted by atomic mass is 10.2. The van der Waals surface area contributed by atoms with Crippen LogP contribution in [0.1, 0.15) is 5.56 Å². The summed E-state index contributed by atoms with van der Waals surface area (Å²) in [4.78, 5) is 11.6. The summed E-state index contributed by atoms with van der Waals surface area (Å²) in [6, 6.07) is 7.74. The zero-order valence-corrected chi connectivity index (χ0v) is 12.8. The van der Waals surface area contributed by atoms with Gasteiger partial charge in [-0.1, -0.05) is 12.1 Å². The van der Waals surface area contributed by atoms with Gasteiger partial charge in [0.2, 0.25) is 0 Å². The van der Waals surface area contributed by atoms with Gasteiger partial charge < -0.3 is 10.6 Å². The van der Waals surface area contributed by atoms with Crippen molar-refractivity contribution in [3.05, 3.63) is 59.7 Å². The van der Waals surface area contributed by atoms with Crippen LogP contribution in [0.15, 0.2) is 47.4 Å². The van der Waals surface area contributed by atoms with E-state index in [0.29, 0.717) is 5.56 Å². The molecule has 0 aliphatic heterocycles. The van der Waals surface area contributed by atoms with Gasteiger partial charge in [-0.15, -0.1) is 0 Å². The second-order valence-corrected chi connectivity index (χ2v) is 5.77. The first-order chi connectivity index (χ1) is 11.2. The van der Waals surface area contributed by atoms with E-state index in [1.165, 1.54) is 30.3 Å². The number of halogens is 5. The van der Waals surface area contributed by atoms with Crippen LogP contribution in [0.3, 0.4) is 0 Å². The van der Waals surface area contributed by atoms with E-state index in [2.05, 4.69) is 10.6 Å². The first-order valence-corrected chi connectivity index (χ1v) is 7.39. The first kappa shape index (κ1) is 18.1. The maximum absolute atomic E-state index is 13.0. The summed E-state index contributed by atoms with van der Waals surface area (Å²) in [5.41, 5.74) is -3.91. The number of hydrogen-bond acceptors (Lipinski definition) is 2. The topological polar surface area (TPSA) is 41.1 Å².